The number of rotatable bonds is 3. The monoisotopic (exact) mass is 412 g/mol. The smallest absolute Gasteiger partial charge is 0.254 e. The number of amides is 1. The molecule has 5 rings (SSSR count). The van der Waals surface area contributed by atoms with E-state index in [0.29, 0.717) is 13.1 Å². The number of benzene rings is 2. The van der Waals surface area contributed by atoms with Gasteiger partial charge in [-0.15, -0.1) is 0 Å². The van der Waals surface area contributed by atoms with E-state index < -0.39 is 0 Å². The van der Waals surface area contributed by atoms with E-state index in [2.05, 4.69) is 17.0 Å². The SMILES string of the molecule is Cc1ccccc1C(=O)N1CCc2nc(-c3ccccc3)nc(N3CCCCC3)c2C1. The Labute approximate surface area is 183 Å². The molecule has 0 unspecified atom stereocenters. The maximum absolute atomic E-state index is 13.3. The summed E-state index contributed by atoms with van der Waals surface area (Å²) in [6.07, 6.45) is 4.40. The molecule has 1 saturated heterocycles. The molecule has 3 aromatic rings. The van der Waals surface area contributed by atoms with Gasteiger partial charge in [-0.1, -0.05) is 48.5 Å². The fourth-order valence-corrected chi connectivity index (χ4v) is 4.64. The number of carbonyl (C=O) groups is 1. The van der Waals surface area contributed by atoms with E-state index in [0.717, 1.165) is 59.1 Å². The number of anilines is 1. The molecule has 0 atom stereocenters. The summed E-state index contributed by atoms with van der Waals surface area (Å²) in [5.74, 6) is 1.91. The van der Waals surface area contributed by atoms with Crippen molar-refractivity contribution in [1.29, 1.82) is 0 Å². The third-order valence-corrected chi connectivity index (χ3v) is 6.39. The molecule has 2 aliphatic heterocycles. The molecule has 1 aromatic heterocycles. The summed E-state index contributed by atoms with van der Waals surface area (Å²) in [6.45, 7) is 5.29. The van der Waals surface area contributed by atoms with Gasteiger partial charge in [-0.25, -0.2) is 9.97 Å². The highest BCUT2D eigenvalue weighted by Gasteiger charge is 2.29. The van der Waals surface area contributed by atoms with Gasteiger partial charge >= 0.3 is 0 Å². The summed E-state index contributed by atoms with van der Waals surface area (Å²) in [7, 11) is 0. The van der Waals surface area contributed by atoms with E-state index in [1.54, 1.807) is 0 Å². The third-order valence-electron chi connectivity index (χ3n) is 6.39. The molecule has 3 heterocycles. The van der Waals surface area contributed by atoms with Crippen LogP contribution in [0.2, 0.25) is 0 Å². The lowest BCUT2D eigenvalue weighted by molar-refractivity contribution is 0.0733. The van der Waals surface area contributed by atoms with Crippen LogP contribution in [0.3, 0.4) is 0 Å². The van der Waals surface area contributed by atoms with Gasteiger partial charge in [0.2, 0.25) is 0 Å². The molecule has 0 spiro atoms. The quantitative estimate of drug-likeness (QED) is 0.629. The topological polar surface area (TPSA) is 49.3 Å². The van der Waals surface area contributed by atoms with Crippen LogP contribution in [0, 0.1) is 6.92 Å². The maximum atomic E-state index is 13.3. The fraction of sp³-hybridized carbons (Fsp3) is 0.346. The van der Waals surface area contributed by atoms with Crippen molar-refractivity contribution < 1.29 is 4.79 Å². The Morgan fingerprint density at radius 1 is 0.871 bits per heavy atom. The second-order valence-electron chi connectivity index (χ2n) is 8.50. The number of hydrogen-bond acceptors (Lipinski definition) is 4. The Kier molecular flexibility index (Phi) is 5.41. The Hall–Kier alpha value is -3.21. The van der Waals surface area contributed by atoms with Crippen molar-refractivity contribution in [2.45, 2.75) is 39.2 Å². The zero-order valence-electron chi connectivity index (χ0n) is 18.1. The van der Waals surface area contributed by atoms with Gasteiger partial charge in [-0.3, -0.25) is 4.79 Å². The molecule has 2 aromatic carbocycles. The largest absolute Gasteiger partial charge is 0.356 e. The molecule has 2 aliphatic rings. The summed E-state index contributed by atoms with van der Waals surface area (Å²) < 4.78 is 0. The standard InChI is InChI=1S/C26H28N4O/c1-19-10-6-7-13-21(19)26(31)30-17-14-23-22(18-30)25(29-15-8-3-9-16-29)28-24(27-23)20-11-4-2-5-12-20/h2,4-7,10-13H,3,8-9,14-18H2,1H3. The zero-order valence-corrected chi connectivity index (χ0v) is 18.1. The molecule has 1 fully saturated rings. The average Bonchev–Trinajstić information content (AvgIpc) is 2.84. The highest BCUT2D eigenvalue weighted by atomic mass is 16.2. The maximum Gasteiger partial charge on any atom is 0.254 e. The minimum atomic E-state index is 0.0977. The summed E-state index contributed by atoms with van der Waals surface area (Å²) in [4.78, 5) is 27.6. The minimum absolute atomic E-state index is 0.0977. The molecule has 0 aliphatic carbocycles. The van der Waals surface area contributed by atoms with Gasteiger partial charge in [0.1, 0.15) is 5.82 Å². The van der Waals surface area contributed by atoms with Crippen molar-refractivity contribution in [2.75, 3.05) is 24.5 Å². The number of hydrogen-bond donors (Lipinski definition) is 0. The first-order valence-electron chi connectivity index (χ1n) is 11.3. The van der Waals surface area contributed by atoms with Gasteiger partial charge in [-0.05, 0) is 37.8 Å². The summed E-state index contributed by atoms with van der Waals surface area (Å²) in [5, 5.41) is 0. The van der Waals surface area contributed by atoms with Gasteiger partial charge < -0.3 is 9.80 Å². The van der Waals surface area contributed by atoms with Crippen LogP contribution >= 0.6 is 0 Å². The number of aryl methyl sites for hydroxylation is 1. The van der Waals surface area contributed by atoms with E-state index in [-0.39, 0.29) is 5.91 Å². The van der Waals surface area contributed by atoms with Crippen molar-refractivity contribution in [2.24, 2.45) is 0 Å². The number of carbonyl (C=O) groups excluding carboxylic acids is 1. The minimum Gasteiger partial charge on any atom is -0.356 e. The molecule has 0 radical (unpaired) electrons. The van der Waals surface area contributed by atoms with Crippen LogP contribution in [0.15, 0.2) is 54.6 Å². The van der Waals surface area contributed by atoms with E-state index in [9.17, 15) is 4.79 Å². The second kappa shape index (κ2) is 8.50. The van der Waals surface area contributed by atoms with Crippen molar-refractivity contribution in [3.05, 3.63) is 77.0 Å². The van der Waals surface area contributed by atoms with E-state index >= 15 is 0 Å². The Morgan fingerprint density at radius 3 is 2.39 bits per heavy atom. The number of nitrogens with zero attached hydrogens (tertiary/aromatic N) is 4. The highest BCUT2D eigenvalue weighted by molar-refractivity contribution is 5.95. The Bertz CT molecular complexity index is 1090. The highest BCUT2D eigenvalue weighted by Crippen LogP contribution is 2.32. The van der Waals surface area contributed by atoms with Crippen molar-refractivity contribution in [3.63, 3.8) is 0 Å². The molecule has 0 saturated carbocycles. The zero-order chi connectivity index (χ0) is 21.2. The predicted octanol–water partition coefficient (Wildman–Crippen LogP) is 4.64. The summed E-state index contributed by atoms with van der Waals surface area (Å²) in [5.41, 5.74) is 5.05. The lowest BCUT2D eigenvalue weighted by atomic mass is 10.0. The van der Waals surface area contributed by atoms with Crippen LogP contribution in [0.1, 0.15) is 46.4 Å². The second-order valence-corrected chi connectivity index (χ2v) is 8.50. The van der Waals surface area contributed by atoms with E-state index in [1.807, 2.05) is 54.3 Å². The van der Waals surface area contributed by atoms with Gasteiger partial charge in [0, 0.05) is 42.7 Å². The summed E-state index contributed by atoms with van der Waals surface area (Å²) >= 11 is 0. The first-order valence-corrected chi connectivity index (χ1v) is 11.3. The molecular weight excluding hydrogens is 384 g/mol. The Morgan fingerprint density at radius 2 is 1.61 bits per heavy atom. The predicted molar refractivity (Wildman–Crippen MR) is 123 cm³/mol. The molecule has 5 heteroatoms. The third kappa shape index (κ3) is 3.92. The van der Waals surface area contributed by atoms with Crippen LogP contribution in [-0.4, -0.2) is 40.4 Å². The van der Waals surface area contributed by atoms with Crippen LogP contribution in [-0.2, 0) is 13.0 Å². The lowest BCUT2D eigenvalue weighted by Crippen LogP contribution is -2.39. The van der Waals surface area contributed by atoms with Gasteiger partial charge in [0.25, 0.3) is 5.91 Å². The van der Waals surface area contributed by atoms with Gasteiger partial charge in [-0.2, -0.15) is 0 Å². The number of fused-ring (bicyclic) bond motifs is 1. The van der Waals surface area contributed by atoms with Crippen LogP contribution in [0.4, 0.5) is 5.82 Å². The fourth-order valence-electron chi connectivity index (χ4n) is 4.64. The van der Waals surface area contributed by atoms with Crippen molar-refractivity contribution in [3.8, 4) is 11.4 Å². The lowest BCUT2D eigenvalue weighted by Gasteiger charge is -2.35. The molecule has 158 valence electrons. The van der Waals surface area contributed by atoms with Crippen LogP contribution in [0.5, 0.6) is 0 Å². The number of aromatic nitrogens is 2. The molecule has 31 heavy (non-hydrogen) atoms. The van der Waals surface area contributed by atoms with Crippen molar-refractivity contribution >= 4 is 11.7 Å². The summed E-state index contributed by atoms with van der Waals surface area (Å²) in [6, 6.07) is 18.0. The first-order chi connectivity index (χ1) is 15.2. The van der Waals surface area contributed by atoms with Crippen molar-refractivity contribution in [1.82, 2.24) is 14.9 Å². The molecule has 1 amide bonds. The van der Waals surface area contributed by atoms with E-state index in [1.165, 1.54) is 19.3 Å². The normalized spacial score (nSPS) is 16.2. The van der Waals surface area contributed by atoms with Crippen LogP contribution in [0.25, 0.3) is 11.4 Å². The molecule has 5 nitrogen and oxygen atoms in total. The molecule has 0 bridgehead atoms. The average molecular weight is 413 g/mol. The van der Waals surface area contributed by atoms with E-state index in [4.69, 9.17) is 9.97 Å². The Balaban J connectivity index is 1.53. The first kappa shape index (κ1) is 19.7. The molecular formula is C26H28N4O. The van der Waals surface area contributed by atoms with Crippen LogP contribution < -0.4 is 4.90 Å². The van der Waals surface area contributed by atoms with Gasteiger partial charge in [0.05, 0.1) is 12.2 Å². The number of piperidine rings is 1. The van der Waals surface area contributed by atoms with Gasteiger partial charge in [0.15, 0.2) is 5.82 Å². The molecule has 0 N–H and O–H groups in total.